The number of amides is 1. The van der Waals surface area contributed by atoms with Crippen LogP contribution >= 0.6 is 23.7 Å². The van der Waals surface area contributed by atoms with Crippen LogP contribution in [-0.4, -0.2) is 49.6 Å². The molecule has 5 nitrogen and oxygen atoms in total. The van der Waals surface area contributed by atoms with E-state index < -0.39 is 5.82 Å². The molecule has 0 saturated carbocycles. The Morgan fingerprint density at radius 1 is 1.18 bits per heavy atom. The third-order valence-electron chi connectivity index (χ3n) is 4.01. The molecule has 2 aromatic carbocycles. The fraction of sp³-hybridized carbons (Fsp3) is 0.300. The molecule has 3 rings (SSSR count). The molecule has 0 aliphatic rings. The van der Waals surface area contributed by atoms with E-state index in [9.17, 15) is 9.18 Å². The lowest BCUT2D eigenvalue weighted by Gasteiger charge is -2.22. The molecule has 3 aromatic rings. The molecule has 1 amide bonds. The summed E-state index contributed by atoms with van der Waals surface area (Å²) in [7, 11) is 3.86. The third kappa shape index (κ3) is 4.98. The van der Waals surface area contributed by atoms with Gasteiger partial charge in [-0.05, 0) is 51.4 Å². The van der Waals surface area contributed by atoms with E-state index in [1.54, 1.807) is 17.0 Å². The number of hydrogen-bond acceptors (Lipinski definition) is 5. The van der Waals surface area contributed by atoms with Crippen LogP contribution in [0.4, 0.5) is 9.52 Å². The van der Waals surface area contributed by atoms with Crippen molar-refractivity contribution in [2.45, 2.75) is 6.92 Å². The first kappa shape index (κ1) is 22.1. The Bertz CT molecular complexity index is 948. The predicted molar refractivity (Wildman–Crippen MR) is 115 cm³/mol. The van der Waals surface area contributed by atoms with Gasteiger partial charge in [0.2, 0.25) is 0 Å². The van der Waals surface area contributed by atoms with E-state index >= 15 is 0 Å². The Morgan fingerprint density at radius 3 is 2.61 bits per heavy atom. The molecule has 0 fully saturated rings. The number of nitrogens with zero attached hydrogens (tertiary/aromatic N) is 3. The fourth-order valence-electron chi connectivity index (χ4n) is 2.63. The minimum absolute atomic E-state index is 0. The number of carbonyl (C=O) groups excluding carboxylic acids is 1. The molecule has 0 aliphatic heterocycles. The highest BCUT2D eigenvalue weighted by Gasteiger charge is 2.23. The molecule has 1 heterocycles. The van der Waals surface area contributed by atoms with Gasteiger partial charge in [0.05, 0.1) is 22.4 Å². The van der Waals surface area contributed by atoms with E-state index in [0.29, 0.717) is 24.8 Å². The molecule has 0 N–H and O–H groups in total. The summed E-state index contributed by atoms with van der Waals surface area (Å²) >= 11 is 1.40. The van der Waals surface area contributed by atoms with Crippen molar-refractivity contribution >= 4 is 45.0 Å². The van der Waals surface area contributed by atoms with E-state index in [-0.39, 0.29) is 23.9 Å². The highest BCUT2D eigenvalue weighted by Crippen LogP contribution is 2.32. The molecular formula is C20H23ClFN3O2S. The number of hydrogen-bond donors (Lipinski definition) is 0. The number of thiazole rings is 1. The number of anilines is 1. The van der Waals surface area contributed by atoms with Gasteiger partial charge >= 0.3 is 0 Å². The van der Waals surface area contributed by atoms with Crippen molar-refractivity contribution in [3.63, 3.8) is 0 Å². The van der Waals surface area contributed by atoms with Crippen molar-refractivity contribution in [1.29, 1.82) is 0 Å². The molecule has 8 heteroatoms. The van der Waals surface area contributed by atoms with Gasteiger partial charge in [-0.25, -0.2) is 9.37 Å². The Labute approximate surface area is 174 Å². The zero-order chi connectivity index (χ0) is 19.4. The summed E-state index contributed by atoms with van der Waals surface area (Å²) in [6.07, 6.45) is 0. The van der Waals surface area contributed by atoms with Crippen LogP contribution in [0, 0.1) is 5.82 Å². The number of likely N-dealkylation sites (N-methyl/N-ethyl adjacent to an activating group) is 1. The highest BCUT2D eigenvalue weighted by molar-refractivity contribution is 7.22. The first-order valence-corrected chi connectivity index (χ1v) is 9.55. The predicted octanol–water partition coefficient (Wildman–Crippen LogP) is 4.46. The number of carbonyl (C=O) groups is 1. The first-order valence-electron chi connectivity index (χ1n) is 8.74. The van der Waals surface area contributed by atoms with Gasteiger partial charge in [0.1, 0.15) is 11.6 Å². The normalized spacial score (nSPS) is 10.8. The zero-order valence-electron chi connectivity index (χ0n) is 16.0. The number of rotatable bonds is 7. The van der Waals surface area contributed by atoms with E-state index in [0.717, 1.165) is 16.0 Å². The average molecular weight is 424 g/mol. The second-order valence-corrected chi connectivity index (χ2v) is 7.31. The SMILES string of the molecule is CCOc1ccc2nc(N(CCN(C)C)C(=O)c3ccccc3F)sc2c1.Cl. The number of fused-ring (bicyclic) bond motifs is 1. The maximum absolute atomic E-state index is 14.2. The van der Waals surface area contributed by atoms with Gasteiger partial charge < -0.3 is 9.64 Å². The average Bonchev–Trinajstić information content (AvgIpc) is 3.05. The van der Waals surface area contributed by atoms with Crippen LogP contribution in [0.1, 0.15) is 17.3 Å². The minimum Gasteiger partial charge on any atom is -0.494 e. The fourth-order valence-corrected chi connectivity index (χ4v) is 3.65. The van der Waals surface area contributed by atoms with Crippen LogP contribution in [0.3, 0.4) is 0 Å². The maximum Gasteiger partial charge on any atom is 0.263 e. The first-order chi connectivity index (χ1) is 13.0. The molecule has 28 heavy (non-hydrogen) atoms. The van der Waals surface area contributed by atoms with Crippen LogP contribution < -0.4 is 9.64 Å². The van der Waals surface area contributed by atoms with Gasteiger partial charge in [-0.15, -0.1) is 12.4 Å². The summed E-state index contributed by atoms with van der Waals surface area (Å²) in [4.78, 5) is 21.1. The zero-order valence-corrected chi connectivity index (χ0v) is 17.6. The molecule has 0 bridgehead atoms. The van der Waals surface area contributed by atoms with E-state index in [4.69, 9.17) is 4.74 Å². The van der Waals surface area contributed by atoms with E-state index in [1.165, 1.54) is 23.5 Å². The van der Waals surface area contributed by atoms with Crippen molar-refractivity contribution in [2.24, 2.45) is 0 Å². The molecule has 0 aliphatic carbocycles. The van der Waals surface area contributed by atoms with E-state index in [1.807, 2.05) is 44.1 Å². The standard InChI is InChI=1S/C20H22FN3O2S.ClH/c1-4-26-14-9-10-17-18(13-14)27-20(22-17)24(12-11-23(2)3)19(25)15-7-5-6-8-16(15)21;/h5-10,13H,4,11-12H2,1-3H3;1H. The molecule has 0 spiro atoms. The molecule has 1 aromatic heterocycles. The molecule has 150 valence electrons. The van der Waals surface area contributed by atoms with Gasteiger partial charge in [-0.1, -0.05) is 23.5 Å². The van der Waals surface area contributed by atoms with Crippen LogP contribution in [-0.2, 0) is 0 Å². The van der Waals surface area contributed by atoms with Crippen molar-refractivity contribution in [2.75, 3.05) is 38.7 Å². The lowest BCUT2D eigenvalue weighted by atomic mass is 10.2. The van der Waals surface area contributed by atoms with Crippen LogP contribution in [0.2, 0.25) is 0 Å². The van der Waals surface area contributed by atoms with Gasteiger partial charge in [-0.2, -0.15) is 0 Å². The Hall–Kier alpha value is -2.22. The van der Waals surface area contributed by atoms with Crippen LogP contribution in [0.5, 0.6) is 5.75 Å². The van der Waals surface area contributed by atoms with Gasteiger partial charge in [0.15, 0.2) is 5.13 Å². The third-order valence-corrected chi connectivity index (χ3v) is 5.05. The minimum atomic E-state index is -0.530. The van der Waals surface area contributed by atoms with Crippen molar-refractivity contribution in [1.82, 2.24) is 9.88 Å². The van der Waals surface area contributed by atoms with Gasteiger partial charge in [0.25, 0.3) is 5.91 Å². The summed E-state index contributed by atoms with van der Waals surface area (Å²) in [5, 5.41) is 0.550. The highest BCUT2D eigenvalue weighted by atomic mass is 35.5. The van der Waals surface area contributed by atoms with Crippen molar-refractivity contribution in [3.8, 4) is 5.75 Å². The Kier molecular flexibility index (Phi) is 7.74. The van der Waals surface area contributed by atoms with Crippen LogP contribution in [0.15, 0.2) is 42.5 Å². The van der Waals surface area contributed by atoms with E-state index in [2.05, 4.69) is 4.98 Å². The number of aromatic nitrogens is 1. The second-order valence-electron chi connectivity index (χ2n) is 6.30. The lowest BCUT2D eigenvalue weighted by molar-refractivity contribution is 0.0981. The summed E-state index contributed by atoms with van der Waals surface area (Å²) in [5.41, 5.74) is 0.833. The molecule has 0 unspecified atom stereocenters. The second kappa shape index (κ2) is 9.82. The Morgan fingerprint density at radius 2 is 1.93 bits per heavy atom. The number of ether oxygens (including phenoxy) is 1. The quantitative estimate of drug-likeness (QED) is 0.562. The number of benzene rings is 2. The summed E-state index contributed by atoms with van der Waals surface area (Å²) in [5.74, 6) is -0.156. The summed E-state index contributed by atoms with van der Waals surface area (Å²) in [6.45, 7) is 3.56. The number of halogens is 2. The van der Waals surface area contributed by atoms with Crippen LogP contribution in [0.25, 0.3) is 10.2 Å². The smallest absolute Gasteiger partial charge is 0.263 e. The molecule has 0 atom stereocenters. The monoisotopic (exact) mass is 423 g/mol. The molecule has 0 radical (unpaired) electrons. The van der Waals surface area contributed by atoms with Crippen molar-refractivity contribution in [3.05, 3.63) is 53.8 Å². The van der Waals surface area contributed by atoms with Gasteiger partial charge in [-0.3, -0.25) is 9.69 Å². The largest absolute Gasteiger partial charge is 0.494 e. The summed E-state index contributed by atoms with van der Waals surface area (Å²) < 4.78 is 20.6. The Balaban J connectivity index is 0.00000280. The maximum atomic E-state index is 14.2. The molecule has 0 saturated heterocycles. The topological polar surface area (TPSA) is 45.7 Å². The van der Waals surface area contributed by atoms with Gasteiger partial charge in [0, 0.05) is 13.1 Å². The van der Waals surface area contributed by atoms with Crippen molar-refractivity contribution < 1.29 is 13.9 Å². The lowest BCUT2D eigenvalue weighted by Crippen LogP contribution is -2.37. The summed E-state index contributed by atoms with van der Waals surface area (Å²) in [6, 6.07) is 11.7. The molecular weight excluding hydrogens is 401 g/mol.